The largest absolute Gasteiger partial charge is 0.394 e. The van der Waals surface area contributed by atoms with E-state index < -0.39 is 0 Å². The van der Waals surface area contributed by atoms with Crippen LogP contribution in [0, 0.1) is 5.92 Å². The van der Waals surface area contributed by atoms with Gasteiger partial charge in [-0.2, -0.15) is 0 Å². The Morgan fingerprint density at radius 1 is 1.64 bits per heavy atom. The molecular weight excluding hydrogens is 182 g/mol. The first kappa shape index (κ1) is 11.9. The molecule has 2 unspecified atom stereocenters. The SMILES string of the molecule is CC(CN)(CC1CCOC1)OCCO. The molecule has 1 aliphatic rings. The minimum atomic E-state index is -0.304. The van der Waals surface area contributed by atoms with Gasteiger partial charge in [-0.15, -0.1) is 0 Å². The van der Waals surface area contributed by atoms with Crippen LogP contribution in [0.5, 0.6) is 0 Å². The Labute approximate surface area is 85.4 Å². The van der Waals surface area contributed by atoms with E-state index in [-0.39, 0.29) is 12.2 Å². The second-order valence-electron chi connectivity index (χ2n) is 4.16. The zero-order valence-corrected chi connectivity index (χ0v) is 8.87. The maximum Gasteiger partial charge on any atom is 0.0780 e. The Morgan fingerprint density at radius 2 is 2.43 bits per heavy atom. The molecule has 84 valence electrons. The molecule has 1 aliphatic heterocycles. The first-order valence-electron chi connectivity index (χ1n) is 5.23. The van der Waals surface area contributed by atoms with Crippen molar-refractivity contribution in [1.82, 2.24) is 0 Å². The zero-order chi connectivity index (χ0) is 10.4. The highest BCUT2D eigenvalue weighted by molar-refractivity contribution is 4.81. The average molecular weight is 203 g/mol. The molecule has 0 aromatic rings. The van der Waals surface area contributed by atoms with Crippen molar-refractivity contribution in [3.8, 4) is 0 Å². The molecule has 3 N–H and O–H groups in total. The predicted molar refractivity (Wildman–Crippen MR) is 54.0 cm³/mol. The summed E-state index contributed by atoms with van der Waals surface area (Å²) in [6.07, 6.45) is 2.02. The molecule has 1 heterocycles. The number of ether oxygens (including phenoxy) is 2. The number of aliphatic hydroxyl groups excluding tert-OH is 1. The topological polar surface area (TPSA) is 64.7 Å². The van der Waals surface area contributed by atoms with E-state index in [1.807, 2.05) is 6.92 Å². The quantitative estimate of drug-likeness (QED) is 0.644. The van der Waals surface area contributed by atoms with Gasteiger partial charge in [0.05, 0.1) is 18.8 Å². The molecule has 0 aromatic carbocycles. The van der Waals surface area contributed by atoms with Crippen LogP contribution in [-0.4, -0.2) is 43.7 Å². The third kappa shape index (κ3) is 3.53. The van der Waals surface area contributed by atoms with Gasteiger partial charge in [-0.1, -0.05) is 0 Å². The Balaban J connectivity index is 2.34. The summed E-state index contributed by atoms with van der Waals surface area (Å²) < 4.78 is 10.9. The van der Waals surface area contributed by atoms with Gasteiger partial charge in [0.1, 0.15) is 0 Å². The monoisotopic (exact) mass is 203 g/mol. The first-order valence-corrected chi connectivity index (χ1v) is 5.23. The highest BCUT2D eigenvalue weighted by atomic mass is 16.5. The zero-order valence-electron chi connectivity index (χ0n) is 8.87. The molecule has 4 nitrogen and oxygen atoms in total. The molecule has 0 aliphatic carbocycles. The van der Waals surface area contributed by atoms with E-state index in [4.69, 9.17) is 20.3 Å². The molecule has 0 aromatic heterocycles. The lowest BCUT2D eigenvalue weighted by atomic mass is 9.91. The van der Waals surface area contributed by atoms with E-state index in [1.54, 1.807) is 0 Å². The number of hydrogen-bond donors (Lipinski definition) is 2. The van der Waals surface area contributed by atoms with Gasteiger partial charge in [0.2, 0.25) is 0 Å². The number of aliphatic hydroxyl groups is 1. The van der Waals surface area contributed by atoms with Crippen molar-refractivity contribution < 1.29 is 14.6 Å². The van der Waals surface area contributed by atoms with Crippen molar-refractivity contribution in [2.75, 3.05) is 33.0 Å². The average Bonchev–Trinajstić information content (AvgIpc) is 2.67. The van der Waals surface area contributed by atoms with Gasteiger partial charge >= 0.3 is 0 Å². The highest BCUT2D eigenvalue weighted by Gasteiger charge is 2.29. The van der Waals surface area contributed by atoms with Crippen LogP contribution >= 0.6 is 0 Å². The van der Waals surface area contributed by atoms with E-state index in [0.29, 0.717) is 19.1 Å². The molecule has 4 heteroatoms. The summed E-state index contributed by atoms with van der Waals surface area (Å²) in [6.45, 7) is 4.58. The predicted octanol–water partition coefficient (Wildman–Crippen LogP) is 0.139. The minimum absolute atomic E-state index is 0.0523. The van der Waals surface area contributed by atoms with Gasteiger partial charge in [-0.3, -0.25) is 0 Å². The maximum atomic E-state index is 8.70. The van der Waals surface area contributed by atoms with Crippen LogP contribution in [0.4, 0.5) is 0 Å². The first-order chi connectivity index (χ1) is 6.70. The van der Waals surface area contributed by atoms with Crippen LogP contribution in [0.25, 0.3) is 0 Å². The lowest BCUT2D eigenvalue weighted by Gasteiger charge is -2.30. The van der Waals surface area contributed by atoms with Gasteiger partial charge in [-0.25, -0.2) is 0 Å². The Morgan fingerprint density at radius 3 is 2.93 bits per heavy atom. The second-order valence-corrected chi connectivity index (χ2v) is 4.16. The fourth-order valence-electron chi connectivity index (χ4n) is 1.85. The van der Waals surface area contributed by atoms with Crippen molar-refractivity contribution in [2.45, 2.75) is 25.4 Å². The molecule has 1 fully saturated rings. The van der Waals surface area contributed by atoms with E-state index in [2.05, 4.69) is 0 Å². The minimum Gasteiger partial charge on any atom is -0.394 e. The lowest BCUT2D eigenvalue weighted by Crippen LogP contribution is -2.40. The van der Waals surface area contributed by atoms with Crippen LogP contribution in [-0.2, 0) is 9.47 Å². The van der Waals surface area contributed by atoms with Crippen LogP contribution in [0.2, 0.25) is 0 Å². The fraction of sp³-hybridized carbons (Fsp3) is 1.00. The summed E-state index contributed by atoms with van der Waals surface area (Å²) in [4.78, 5) is 0. The fourth-order valence-corrected chi connectivity index (χ4v) is 1.85. The molecule has 0 bridgehead atoms. The smallest absolute Gasteiger partial charge is 0.0780 e. The Bertz CT molecular complexity index is 159. The summed E-state index contributed by atoms with van der Waals surface area (Å²) in [6, 6.07) is 0. The molecule has 1 rings (SSSR count). The normalized spacial score (nSPS) is 26.4. The number of hydrogen-bond acceptors (Lipinski definition) is 4. The van der Waals surface area contributed by atoms with Crippen molar-refractivity contribution in [1.29, 1.82) is 0 Å². The molecule has 14 heavy (non-hydrogen) atoms. The molecule has 0 saturated carbocycles. The Kier molecular flexibility index (Phi) is 4.81. The second kappa shape index (κ2) is 5.66. The van der Waals surface area contributed by atoms with Gasteiger partial charge in [0.25, 0.3) is 0 Å². The number of rotatable bonds is 6. The Hall–Kier alpha value is -0.160. The summed E-state index contributed by atoms with van der Waals surface area (Å²) in [5, 5.41) is 8.70. The lowest BCUT2D eigenvalue weighted by molar-refractivity contribution is -0.0541. The van der Waals surface area contributed by atoms with Crippen LogP contribution in [0.1, 0.15) is 19.8 Å². The number of nitrogens with two attached hydrogens (primary N) is 1. The standard InChI is InChI=1S/C10H21NO3/c1-10(8-11,14-5-3-12)6-9-2-4-13-7-9/h9,12H,2-8,11H2,1H3. The van der Waals surface area contributed by atoms with Crippen molar-refractivity contribution in [3.63, 3.8) is 0 Å². The van der Waals surface area contributed by atoms with E-state index in [9.17, 15) is 0 Å². The maximum absolute atomic E-state index is 8.70. The highest BCUT2D eigenvalue weighted by Crippen LogP contribution is 2.25. The third-order valence-corrected chi connectivity index (χ3v) is 2.72. The molecule has 0 amide bonds. The van der Waals surface area contributed by atoms with E-state index in [1.165, 1.54) is 0 Å². The van der Waals surface area contributed by atoms with Crippen molar-refractivity contribution >= 4 is 0 Å². The van der Waals surface area contributed by atoms with Gasteiger partial charge in [-0.05, 0) is 25.7 Å². The van der Waals surface area contributed by atoms with E-state index >= 15 is 0 Å². The summed E-state index contributed by atoms with van der Waals surface area (Å²) in [5.74, 6) is 0.558. The molecule has 0 radical (unpaired) electrons. The molecule has 1 saturated heterocycles. The van der Waals surface area contributed by atoms with Crippen molar-refractivity contribution in [2.24, 2.45) is 11.7 Å². The van der Waals surface area contributed by atoms with Crippen LogP contribution in [0.15, 0.2) is 0 Å². The van der Waals surface area contributed by atoms with Crippen LogP contribution < -0.4 is 5.73 Å². The summed E-state index contributed by atoms with van der Waals surface area (Å²) >= 11 is 0. The third-order valence-electron chi connectivity index (χ3n) is 2.72. The molecule has 2 atom stereocenters. The summed E-state index contributed by atoms with van der Waals surface area (Å²) in [5.41, 5.74) is 5.37. The van der Waals surface area contributed by atoms with Gasteiger partial charge < -0.3 is 20.3 Å². The van der Waals surface area contributed by atoms with Gasteiger partial charge in [0, 0.05) is 19.8 Å². The van der Waals surface area contributed by atoms with Gasteiger partial charge in [0.15, 0.2) is 0 Å². The molecule has 0 spiro atoms. The van der Waals surface area contributed by atoms with Crippen molar-refractivity contribution in [3.05, 3.63) is 0 Å². The van der Waals surface area contributed by atoms with Crippen LogP contribution in [0.3, 0.4) is 0 Å². The molecular formula is C10H21NO3. The van der Waals surface area contributed by atoms with E-state index in [0.717, 1.165) is 26.1 Å². The summed E-state index contributed by atoms with van der Waals surface area (Å²) in [7, 11) is 0.